The molecule has 1 amide bonds. The van der Waals surface area contributed by atoms with Crippen molar-refractivity contribution in [1.82, 2.24) is 15.1 Å². The van der Waals surface area contributed by atoms with E-state index in [1.807, 2.05) is 25.5 Å². The first-order valence-corrected chi connectivity index (χ1v) is 6.84. The summed E-state index contributed by atoms with van der Waals surface area (Å²) in [5, 5.41) is 15.6. The van der Waals surface area contributed by atoms with E-state index in [1.165, 1.54) is 6.92 Å². The maximum atomic E-state index is 12.0. The second kappa shape index (κ2) is 4.92. The maximum absolute atomic E-state index is 12.0. The summed E-state index contributed by atoms with van der Waals surface area (Å²) in [7, 11) is 0. The van der Waals surface area contributed by atoms with E-state index in [1.54, 1.807) is 6.07 Å². The summed E-state index contributed by atoms with van der Waals surface area (Å²) >= 11 is 0. The average Bonchev–Trinajstić information content (AvgIpc) is 3.05. The normalized spacial score (nSPS) is 16.8. The molecule has 1 aliphatic carbocycles. The van der Waals surface area contributed by atoms with Gasteiger partial charge in [-0.1, -0.05) is 0 Å². The van der Waals surface area contributed by atoms with Crippen LogP contribution in [0, 0.1) is 0 Å². The molecule has 20 heavy (non-hydrogen) atoms. The first-order chi connectivity index (χ1) is 9.20. The van der Waals surface area contributed by atoms with E-state index >= 15 is 0 Å². The molecule has 2 rings (SSSR count). The Labute approximate surface area is 118 Å². The zero-order valence-corrected chi connectivity index (χ0v) is 12.3. The average molecular weight is 279 g/mol. The molecule has 110 valence electrons. The van der Waals surface area contributed by atoms with E-state index in [9.17, 15) is 9.59 Å². The molecule has 0 aliphatic heterocycles. The van der Waals surface area contributed by atoms with Crippen molar-refractivity contribution < 1.29 is 14.7 Å². The summed E-state index contributed by atoms with van der Waals surface area (Å²) in [4.78, 5) is 22.8. The molecule has 0 saturated heterocycles. The van der Waals surface area contributed by atoms with E-state index in [0.717, 1.165) is 18.5 Å². The van der Waals surface area contributed by atoms with Crippen LogP contribution in [0.15, 0.2) is 6.07 Å². The number of carboxylic acids is 1. The predicted octanol–water partition coefficient (Wildman–Crippen LogP) is 1.72. The van der Waals surface area contributed by atoms with Crippen LogP contribution in [0.4, 0.5) is 0 Å². The Kier molecular flexibility index (Phi) is 3.58. The largest absolute Gasteiger partial charge is 0.480 e. The number of aromatic nitrogens is 2. The van der Waals surface area contributed by atoms with Gasteiger partial charge in [0.1, 0.15) is 11.7 Å². The molecular formula is C14H21N3O3. The van der Waals surface area contributed by atoms with Gasteiger partial charge in [-0.3, -0.25) is 14.3 Å². The van der Waals surface area contributed by atoms with E-state index in [0.29, 0.717) is 5.92 Å². The molecule has 1 aromatic heterocycles. The smallest absolute Gasteiger partial charge is 0.325 e. The quantitative estimate of drug-likeness (QED) is 0.879. The molecule has 0 aromatic carbocycles. The van der Waals surface area contributed by atoms with E-state index in [-0.39, 0.29) is 11.2 Å². The number of aliphatic carboxylic acids is 1. The molecule has 2 N–H and O–H groups in total. The third-order valence-electron chi connectivity index (χ3n) is 3.32. The van der Waals surface area contributed by atoms with Gasteiger partial charge in [0.05, 0.1) is 5.54 Å². The number of nitrogens with zero attached hydrogens (tertiary/aromatic N) is 2. The van der Waals surface area contributed by atoms with Crippen LogP contribution in [0.25, 0.3) is 0 Å². The van der Waals surface area contributed by atoms with E-state index < -0.39 is 17.9 Å². The zero-order chi connectivity index (χ0) is 15.1. The Bertz CT molecular complexity index is 538. The van der Waals surface area contributed by atoms with Gasteiger partial charge in [0.15, 0.2) is 0 Å². The fraction of sp³-hybridized carbons (Fsp3) is 0.643. The number of rotatable bonds is 4. The van der Waals surface area contributed by atoms with Crippen molar-refractivity contribution in [3.05, 3.63) is 17.5 Å². The molecule has 6 heteroatoms. The highest BCUT2D eigenvalue weighted by atomic mass is 16.4. The van der Waals surface area contributed by atoms with Crippen LogP contribution in [0.3, 0.4) is 0 Å². The lowest BCUT2D eigenvalue weighted by Crippen LogP contribution is -2.38. The Morgan fingerprint density at radius 2 is 2.05 bits per heavy atom. The standard InChI is InChI=1S/C14H21N3O3/c1-8(13(19)20)15-12(18)10-7-11(9-5-6-9)17(16-10)14(2,3)4/h7-9H,5-6H2,1-4H3,(H,15,18)(H,19,20). The highest BCUT2D eigenvalue weighted by molar-refractivity contribution is 5.95. The number of nitrogens with one attached hydrogen (secondary N) is 1. The van der Waals surface area contributed by atoms with Gasteiger partial charge in [-0.2, -0.15) is 5.10 Å². The fourth-order valence-electron chi connectivity index (χ4n) is 2.05. The number of carbonyl (C=O) groups is 2. The molecule has 1 aliphatic rings. The minimum Gasteiger partial charge on any atom is -0.480 e. The lowest BCUT2D eigenvalue weighted by atomic mass is 10.1. The zero-order valence-electron chi connectivity index (χ0n) is 12.3. The molecule has 1 atom stereocenters. The van der Waals surface area contributed by atoms with Gasteiger partial charge in [0.2, 0.25) is 0 Å². The molecule has 1 saturated carbocycles. The Balaban J connectivity index is 2.25. The van der Waals surface area contributed by atoms with Gasteiger partial charge in [-0.25, -0.2) is 0 Å². The third-order valence-corrected chi connectivity index (χ3v) is 3.32. The number of hydrogen-bond donors (Lipinski definition) is 2. The predicted molar refractivity (Wildman–Crippen MR) is 73.8 cm³/mol. The Hall–Kier alpha value is -1.85. The lowest BCUT2D eigenvalue weighted by Gasteiger charge is -2.22. The Morgan fingerprint density at radius 3 is 2.50 bits per heavy atom. The molecule has 1 heterocycles. The molecule has 1 fully saturated rings. The summed E-state index contributed by atoms with van der Waals surface area (Å²) in [5.74, 6) is -1.03. The molecule has 0 spiro atoms. The SMILES string of the molecule is CC(NC(=O)c1cc(C2CC2)n(C(C)(C)C)n1)C(=O)O. The number of carbonyl (C=O) groups excluding carboxylic acids is 1. The molecule has 6 nitrogen and oxygen atoms in total. The highest BCUT2D eigenvalue weighted by Gasteiger charge is 2.32. The van der Waals surface area contributed by atoms with Crippen molar-refractivity contribution in [2.75, 3.05) is 0 Å². The number of carboxylic acid groups (broad SMARTS) is 1. The van der Waals surface area contributed by atoms with Crippen molar-refractivity contribution in [2.45, 2.75) is 58.0 Å². The van der Waals surface area contributed by atoms with Crippen molar-refractivity contribution in [2.24, 2.45) is 0 Å². The summed E-state index contributed by atoms with van der Waals surface area (Å²) < 4.78 is 1.88. The third kappa shape index (κ3) is 3.00. The Morgan fingerprint density at radius 1 is 1.45 bits per heavy atom. The monoisotopic (exact) mass is 279 g/mol. The van der Waals surface area contributed by atoms with E-state index in [4.69, 9.17) is 5.11 Å². The van der Waals surface area contributed by atoms with Gasteiger partial charge in [-0.15, -0.1) is 0 Å². The minimum absolute atomic E-state index is 0.200. The lowest BCUT2D eigenvalue weighted by molar-refractivity contribution is -0.138. The van der Waals surface area contributed by atoms with Gasteiger partial charge in [0.25, 0.3) is 5.91 Å². The van der Waals surface area contributed by atoms with Gasteiger partial charge in [-0.05, 0) is 46.6 Å². The van der Waals surface area contributed by atoms with Gasteiger partial charge >= 0.3 is 5.97 Å². The number of hydrogen-bond acceptors (Lipinski definition) is 3. The summed E-state index contributed by atoms with van der Waals surface area (Å²) in [6.45, 7) is 7.54. The molecule has 1 unspecified atom stereocenters. The van der Waals surface area contributed by atoms with Crippen LogP contribution >= 0.6 is 0 Å². The molecule has 0 radical (unpaired) electrons. The van der Waals surface area contributed by atoms with Gasteiger partial charge < -0.3 is 10.4 Å². The van der Waals surface area contributed by atoms with E-state index in [2.05, 4.69) is 10.4 Å². The highest BCUT2D eigenvalue weighted by Crippen LogP contribution is 2.41. The second-order valence-electron chi connectivity index (χ2n) is 6.34. The first kappa shape index (κ1) is 14.6. The van der Waals surface area contributed by atoms with Crippen LogP contribution < -0.4 is 5.32 Å². The fourth-order valence-corrected chi connectivity index (χ4v) is 2.05. The molecular weight excluding hydrogens is 258 g/mol. The second-order valence-corrected chi connectivity index (χ2v) is 6.34. The van der Waals surface area contributed by atoms with Crippen LogP contribution in [-0.4, -0.2) is 32.8 Å². The topological polar surface area (TPSA) is 84.2 Å². The van der Waals surface area contributed by atoms with Crippen LogP contribution in [0.1, 0.15) is 62.6 Å². The van der Waals surface area contributed by atoms with Crippen molar-refractivity contribution in [3.8, 4) is 0 Å². The van der Waals surface area contributed by atoms with Crippen molar-refractivity contribution in [1.29, 1.82) is 0 Å². The minimum atomic E-state index is -1.06. The molecule has 1 aromatic rings. The van der Waals surface area contributed by atoms with Crippen LogP contribution in [-0.2, 0) is 10.3 Å². The van der Waals surface area contributed by atoms with Gasteiger partial charge in [0, 0.05) is 11.6 Å². The molecule has 0 bridgehead atoms. The first-order valence-electron chi connectivity index (χ1n) is 6.84. The summed E-state index contributed by atoms with van der Waals surface area (Å²) in [6, 6.07) is 0.860. The summed E-state index contributed by atoms with van der Waals surface area (Å²) in [5.41, 5.74) is 1.15. The van der Waals surface area contributed by atoms with Crippen molar-refractivity contribution >= 4 is 11.9 Å². The number of amides is 1. The maximum Gasteiger partial charge on any atom is 0.325 e. The van der Waals surface area contributed by atoms with Crippen LogP contribution in [0.2, 0.25) is 0 Å². The summed E-state index contributed by atoms with van der Waals surface area (Å²) in [6.07, 6.45) is 2.24. The van der Waals surface area contributed by atoms with Crippen molar-refractivity contribution in [3.63, 3.8) is 0 Å². The van der Waals surface area contributed by atoms with Crippen LogP contribution in [0.5, 0.6) is 0 Å².